The smallest absolute Gasteiger partial charge is 0.276 e. The Morgan fingerprint density at radius 3 is 3.11 bits per heavy atom. The Hall–Kier alpha value is -2.37. The van der Waals surface area contributed by atoms with E-state index in [1.807, 2.05) is 31.2 Å². The number of ether oxygens (including phenoxy) is 1. The van der Waals surface area contributed by atoms with Crippen LogP contribution in [-0.2, 0) is 6.54 Å². The Morgan fingerprint density at radius 1 is 1.47 bits per heavy atom. The molecule has 19 heavy (non-hydrogen) atoms. The third kappa shape index (κ3) is 2.16. The standard InChI is InChI=1S/C13H14N4O2/c1-9-8-19-12-5-3-2-4-10(12)7-17(9)13(18)11-6-14-16-15-11/h2-6,9H,7-8H2,1H3,(H,14,15,16). The van der Waals surface area contributed by atoms with E-state index in [1.165, 1.54) is 6.20 Å². The summed E-state index contributed by atoms with van der Waals surface area (Å²) in [4.78, 5) is 14.1. The largest absolute Gasteiger partial charge is 0.491 e. The predicted octanol–water partition coefficient (Wildman–Crippen LogP) is 1.23. The zero-order chi connectivity index (χ0) is 13.2. The van der Waals surface area contributed by atoms with E-state index in [4.69, 9.17) is 4.74 Å². The molecule has 2 aromatic rings. The first-order valence-electron chi connectivity index (χ1n) is 6.13. The van der Waals surface area contributed by atoms with Gasteiger partial charge in [-0.2, -0.15) is 15.4 Å². The SMILES string of the molecule is CC1COc2ccccc2CN1C(=O)c1cn[nH]n1. The molecule has 1 amide bonds. The first-order valence-corrected chi connectivity index (χ1v) is 6.13. The number of rotatable bonds is 1. The topological polar surface area (TPSA) is 71.1 Å². The number of aromatic nitrogens is 3. The van der Waals surface area contributed by atoms with E-state index in [9.17, 15) is 4.79 Å². The number of hydrogen-bond acceptors (Lipinski definition) is 4. The van der Waals surface area contributed by atoms with Crippen molar-refractivity contribution in [2.45, 2.75) is 19.5 Å². The monoisotopic (exact) mass is 258 g/mol. The average Bonchev–Trinajstić information content (AvgIpc) is 2.91. The Morgan fingerprint density at radius 2 is 2.32 bits per heavy atom. The molecule has 0 fully saturated rings. The lowest BCUT2D eigenvalue weighted by molar-refractivity contribution is 0.0639. The maximum absolute atomic E-state index is 12.4. The maximum Gasteiger partial charge on any atom is 0.276 e. The molecule has 0 saturated carbocycles. The number of nitrogens with one attached hydrogen (secondary N) is 1. The zero-order valence-electron chi connectivity index (χ0n) is 10.5. The van der Waals surface area contributed by atoms with Crippen molar-refractivity contribution in [1.29, 1.82) is 0 Å². The number of amides is 1. The lowest BCUT2D eigenvalue weighted by Crippen LogP contribution is -2.40. The van der Waals surface area contributed by atoms with E-state index in [-0.39, 0.29) is 11.9 Å². The highest BCUT2D eigenvalue weighted by atomic mass is 16.5. The second-order valence-corrected chi connectivity index (χ2v) is 4.56. The van der Waals surface area contributed by atoms with Gasteiger partial charge in [0.1, 0.15) is 12.4 Å². The summed E-state index contributed by atoms with van der Waals surface area (Å²) < 4.78 is 5.72. The quantitative estimate of drug-likeness (QED) is 0.835. The van der Waals surface area contributed by atoms with Gasteiger partial charge in [-0.3, -0.25) is 4.79 Å². The van der Waals surface area contributed by atoms with Crippen molar-refractivity contribution in [3.05, 3.63) is 41.7 Å². The molecule has 1 aliphatic rings. The molecule has 6 heteroatoms. The van der Waals surface area contributed by atoms with Crippen molar-refractivity contribution < 1.29 is 9.53 Å². The molecule has 1 aromatic carbocycles. The summed E-state index contributed by atoms with van der Waals surface area (Å²) in [7, 11) is 0. The Kier molecular flexibility index (Phi) is 2.91. The Labute approximate surface area is 110 Å². The molecule has 1 N–H and O–H groups in total. The normalized spacial score (nSPS) is 18.4. The molecule has 1 aliphatic heterocycles. The fourth-order valence-electron chi connectivity index (χ4n) is 2.14. The number of aromatic amines is 1. The average molecular weight is 258 g/mol. The van der Waals surface area contributed by atoms with Gasteiger partial charge in [0.05, 0.1) is 18.8 Å². The first kappa shape index (κ1) is 11.7. The maximum atomic E-state index is 12.4. The third-order valence-corrected chi connectivity index (χ3v) is 3.22. The number of fused-ring (bicyclic) bond motifs is 1. The molecular weight excluding hydrogens is 244 g/mol. The van der Waals surface area contributed by atoms with Gasteiger partial charge < -0.3 is 9.64 Å². The van der Waals surface area contributed by atoms with Crippen LogP contribution >= 0.6 is 0 Å². The molecule has 0 aliphatic carbocycles. The predicted molar refractivity (Wildman–Crippen MR) is 67.7 cm³/mol. The fourth-order valence-corrected chi connectivity index (χ4v) is 2.14. The van der Waals surface area contributed by atoms with Crippen LogP contribution in [0, 0.1) is 0 Å². The van der Waals surface area contributed by atoms with E-state index < -0.39 is 0 Å². The van der Waals surface area contributed by atoms with E-state index in [2.05, 4.69) is 15.4 Å². The zero-order valence-corrected chi connectivity index (χ0v) is 10.5. The molecule has 3 rings (SSSR count). The summed E-state index contributed by atoms with van der Waals surface area (Å²) >= 11 is 0. The molecule has 0 radical (unpaired) electrons. The summed E-state index contributed by atoms with van der Waals surface area (Å²) in [6, 6.07) is 7.74. The molecular formula is C13H14N4O2. The van der Waals surface area contributed by atoms with Crippen LogP contribution in [0.25, 0.3) is 0 Å². The second kappa shape index (κ2) is 4.72. The van der Waals surface area contributed by atoms with Crippen LogP contribution in [0.3, 0.4) is 0 Å². The van der Waals surface area contributed by atoms with Crippen LogP contribution in [0.2, 0.25) is 0 Å². The van der Waals surface area contributed by atoms with Gasteiger partial charge in [0.25, 0.3) is 5.91 Å². The molecule has 1 unspecified atom stereocenters. The van der Waals surface area contributed by atoms with Gasteiger partial charge in [-0.05, 0) is 13.0 Å². The van der Waals surface area contributed by atoms with E-state index in [0.717, 1.165) is 11.3 Å². The third-order valence-electron chi connectivity index (χ3n) is 3.22. The van der Waals surface area contributed by atoms with E-state index >= 15 is 0 Å². The van der Waals surface area contributed by atoms with Crippen LogP contribution in [0.1, 0.15) is 23.0 Å². The number of benzene rings is 1. The number of hydrogen-bond donors (Lipinski definition) is 1. The van der Waals surface area contributed by atoms with Crippen molar-refractivity contribution in [2.24, 2.45) is 0 Å². The number of para-hydroxylation sites is 1. The molecule has 0 saturated heterocycles. The summed E-state index contributed by atoms with van der Waals surface area (Å²) in [5, 5.41) is 9.98. The van der Waals surface area contributed by atoms with Gasteiger partial charge in [-0.15, -0.1) is 0 Å². The van der Waals surface area contributed by atoms with Gasteiger partial charge in [0.2, 0.25) is 0 Å². The number of nitrogens with zero attached hydrogens (tertiary/aromatic N) is 3. The molecule has 0 spiro atoms. The highest BCUT2D eigenvalue weighted by molar-refractivity contribution is 5.92. The first-order chi connectivity index (χ1) is 9.25. The minimum absolute atomic E-state index is 0.0170. The van der Waals surface area contributed by atoms with Crippen LogP contribution in [0.4, 0.5) is 0 Å². The molecule has 2 heterocycles. The molecule has 98 valence electrons. The van der Waals surface area contributed by atoms with Crippen LogP contribution in [0.5, 0.6) is 5.75 Å². The molecule has 6 nitrogen and oxygen atoms in total. The highest BCUT2D eigenvalue weighted by Gasteiger charge is 2.27. The van der Waals surface area contributed by atoms with Crippen molar-refractivity contribution in [2.75, 3.05) is 6.61 Å². The summed E-state index contributed by atoms with van der Waals surface area (Å²) in [5.41, 5.74) is 1.33. The minimum atomic E-state index is -0.137. The lowest BCUT2D eigenvalue weighted by Gasteiger charge is -2.25. The summed E-state index contributed by atoms with van der Waals surface area (Å²) in [5.74, 6) is 0.700. The summed E-state index contributed by atoms with van der Waals surface area (Å²) in [6.45, 7) is 2.95. The lowest BCUT2D eigenvalue weighted by atomic mass is 10.1. The van der Waals surface area contributed by atoms with Crippen molar-refractivity contribution >= 4 is 5.91 Å². The van der Waals surface area contributed by atoms with Gasteiger partial charge in [0.15, 0.2) is 5.69 Å². The number of carbonyl (C=O) groups is 1. The molecule has 0 bridgehead atoms. The van der Waals surface area contributed by atoms with Gasteiger partial charge in [0, 0.05) is 5.56 Å². The van der Waals surface area contributed by atoms with Gasteiger partial charge in [-0.25, -0.2) is 0 Å². The Bertz CT molecular complexity index is 582. The van der Waals surface area contributed by atoms with Crippen LogP contribution < -0.4 is 4.74 Å². The number of H-pyrrole nitrogens is 1. The van der Waals surface area contributed by atoms with Crippen molar-refractivity contribution in [3.8, 4) is 5.75 Å². The van der Waals surface area contributed by atoms with Crippen LogP contribution in [0.15, 0.2) is 30.5 Å². The minimum Gasteiger partial charge on any atom is -0.491 e. The fraction of sp³-hybridized carbons (Fsp3) is 0.308. The van der Waals surface area contributed by atoms with Crippen LogP contribution in [-0.4, -0.2) is 38.9 Å². The van der Waals surface area contributed by atoms with Crippen molar-refractivity contribution in [3.63, 3.8) is 0 Å². The Balaban J connectivity index is 1.91. The van der Waals surface area contributed by atoms with E-state index in [0.29, 0.717) is 18.8 Å². The molecule has 1 atom stereocenters. The number of carbonyl (C=O) groups excluding carboxylic acids is 1. The second-order valence-electron chi connectivity index (χ2n) is 4.56. The van der Waals surface area contributed by atoms with Crippen molar-refractivity contribution in [1.82, 2.24) is 20.3 Å². The molecule has 1 aromatic heterocycles. The van der Waals surface area contributed by atoms with Gasteiger partial charge in [-0.1, -0.05) is 18.2 Å². The highest BCUT2D eigenvalue weighted by Crippen LogP contribution is 2.25. The van der Waals surface area contributed by atoms with E-state index in [1.54, 1.807) is 4.90 Å². The van der Waals surface area contributed by atoms with Gasteiger partial charge >= 0.3 is 0 Å². The summed E-state index contributed by atoms with van der Waals surface area (Å²) in [6.07, 6.45) is 1.44.